The number of hydrogen-bond donors (Lipinski definition) is 7. The first-order valence-electron chi connectivity index (χ1n) is 22.6. The molecule has 0 atom stereocenters. The SMILES string of the molecule is CCC[CH2][Sn]([CH2]CCC)([CH2]CCC)[c]1cnn(C)c1.Cn1cc(-c2cc3c(N)ncc(C(N)=O)c3s2)cn1.NC(=O)c1cnc(N)c2cc(-c3cn[nH]c3)sc12.NC(=O)c1cnc(N)c2cc(Br)sc12. The minimum Gasteiger partial charge on any atom is -0.383 e. The first-order valence-corrected chi connectivity index (χ1v) is 33.3. The van der Waals surface area contributed by atoms with Crippen LogP contribution in [-0.4, -0.2) is 80.8 Å². The van der Waals surface area contributed by atoms with Gasteiger partial charge < -0.3 is 34.4 Å². The van der Waals surface area contributed by atoms with Crippen LogP contribution < -0.4 is 38.0 Å². The second-order valence-corrected chi connectivity index (χ2v) is 34.4. The summed E-state index contributed by atoms with van der Waals surface area (Å²) in [7, 11) is 3.92. The molecule has 0 fully saturated rings. The fraction of sp³-hybridized carbons (Fsp3) is 0.298. The van der Waals surface area contributed by atoms with Gasteiger partial charge in [0.15, 0.2) is 0 Å². The number of primary amides is 3. The van der Waals surface area contributed by atoms with E-state index >= 15 is 0 Å². The fourth-order valence-corrected chi connectivity index (χ4v) is 27.5. The zero-order valence-corrected chi connectivity index (χ0v) is 46.6. The number of carbonyl (C=O) groups excluding carboxylic acids is 3. The first kappa shape index (κ1) is 53.4. The third-order valence-electron chi connectivity index (χ3n) is 11.6. The molecule has 18 nitrogen and oxygen atoms in total. The minimum atomic E-state index is -2.16. The van der Waals surface area contributed by atoms with Crippen LogP contribution in [0.4, 0.5) is 17.5 Å². The third kappa shape index (κ3) is 12.7. The quantitative estimate of drug-likeness (QED) is 0.0473. The molecular formula is C47H58BrN15O3S3Sn. The molecular weight excluding hydrogens is 1120 g/mol. The predicted octanol–water partition coefficient (Wildman–Crippen LogP) is 8.96. The number of fused-ring (bicyclic) bond motifs is 3. The molecule has 13 N–H and O–H groups in total. The van der Waals surface area contributed by atoms with Crippen molar-refractivity contribution in [1.29, 1.82) is 0 Å². The molecule has 70 heavy (non-hydrogen) atoms. The van der Waals surface area contributed by atoms with Gasteiger partial charge in [-0.25, -0.2) is 15.0 Å². The molecule has 0 spiro atoms. The fourth-order valence-electron chi connectivity index (χ4n) is 7.89. The first-order chi connectivity index (χ1) is 33.5. The summed E-state index contributed by atoms with van der Waals surface area (Å²) in [6.07, 6.45) is 24.3. The number of anilines is 3. The maximum Gasteiger partial charge on any atom is 0.251 e. The molecule has 368 valence electrons. The Morgan fingerprint density at radius 1 is 0.600 bits per heavy atom. The Labute approximate surface area is 429 Å². The van der Waals surface area contributed by atoms with E-state index < -0.39 is 36.1 Å². The number of rotatable bonds is 15. The van der Waals surface area contributed by atoms with Crippen LogP contribution >= 0.6 is 49.9 Å². The standard InChI is InChI=1S/C12H11N5OS.C11H9N5OS.C8H6BrN3OS.C4H5N2.3C4H9.Sn/c1-17-5-6(3-16-17)9-2-7-10(19-9)8(12(14)18)4-15-11(7)13;12-10-6-1-8(5-2-15-16-3-5)18-9(6)7(4-14-10)11(13)17;9-5-1-3-6(14-5)4(8(11)13)2-12-7(3)10;1-6-4-2-3-5-6;3*1-3-4-2;/h2-5H,1H3,(H2,13,15)(H2,14,18);1-4H,(H2,12,14)(H2,13,17)(H,15,16);1-2H,(H2,10,12)(H2,11,13);3-4H,1H3;3*1,3-4H2,2H3;. The van der Waals surface area contributed by atoms with E-state index in [2.05, 4.69) is 91.5 Å². The summed E-state index contributed by atoms with van der Waals surface area (Å²) in [6.45, 7) is 7.00. The number of nitrogens with one attached hydrogen (secondary N) is 1. The molecule has 9 aromatic heterocycles. The van der Waals surface area contributed by atoms with Crippen LogP contribution in [0.3, 0.4) is 0 Å². The summed E-state index contributed by atoms with van der Waals surface area (Å²) in [4.78, 5) is 47.7. The van der Waals surface area contributed by atoms with Crippen molar-refractivity contribution in [1.82, 2.24) is 44.7 Å². The molecule has 0 bridgehead atoms. The van der Waals surface area contributed by atoms with Crippen molar-refractivity contribution in [3.8, 4) is 20.9 Å². The number of aryl methyl sites for hydroxylation is 2. The molecule has 0 aromatic carbocycles. The second kappa shape index (κ2) is 24.3. The molecule has 9 aromatic rings. The summed E-state index contributed by atoms with van der Waals surface area (Å²) < 4.78 is 13.2. The number of amides is 3. The Morgan fingerprint density at radius 2 is 1.03 bits per heavy atom. The van der Waals surface area contributed by atoms with Crippen LogP contribution in [0.25, 0.3) is 51.1 Å². The number of pyridine rings is 3. The summed E-state index contributed by atoms with van der Waals surface area (Å²) in [5.74, 6) is -0.304. The Morgan fingerprint density at radius 3 is 1.41 bits per heavy atom. The van der Waals surface area contributed by atoms with E-state index in [9.17, 15) is 14.4 Å². The van der Waals surface area contributed by atoms with Gasteiger partial charge in [0.25, 0.3) is 17.7 Å². The van der Waals surface area contributed by atoms with Crippen LogP contribution in [0.5, 0.6) is 0 Å². The Hall–Kier alpha value is -5.95. The van der Waals surface area contributed by atoms with Gasteiger partial charge in [0.2, 0.25) is 0 Å². The second-order valence-electron chi connectivity index (χ2n) is 16.6. The number of nitrogens with two attached hydrogens (primary N) is 6. The summed E-state index contributed by atoms with van der Waals surface area (Å²) in [5, 5.41) is 17.5. The number of thiophene rings is 3. The molecule has 9 rings (SSSR count). The van der Waals surface area contributed by atoms with Crippen molar-refractivity contribution in [3.05, 3.63) is 94.4 Å². The monoisotopic (exact) mass is 1180 g/mol. The van der Waals surface area contributed by atoms with Crippen molar-refractivity contribution in [2.24, 2.45) is 31.3 Å². The van der Waals surface area contributed by atoms with Gasteiger partial charge in [-0.1, -0.05) is 0 Å². The van der Waals surface area contributed by atoms with Crippen molar-refractivity contribution in [2.45, 2.75) is 72.6 Å². The van der Waals surface area contributed by atoms with E-state index in [-0.39, 0.29) is 0 Å². The van der Waals surface area contributed by atoms with Crippen molar-refractivity contribution >= 4 is 137 Å². The molecule has 0 unspecified atom stereocenters. The zero-order valence-electron chi connectivity index (χ0n) is 39.7. The molecule has 0 aliphatic carbocycles. The number of unbranched alkanes of at least 4 members (excludes halogenated alkanes) is 3. The summed E-state index contributed by atoms with van der Waals surface area (Å²) >= 11 is 5.49. The van der Waals surface area contributed by atoms with E-state index in [1.54, 1.807) is 26.9 Å². The number of nitrogens with zero attached hydrogens (tertiary/aromatic N) is 8. The van der Waals surface area contributed by atoms with Gasteiger partial charge in [0, 0.05) is 75.1 Å². The topological polar surface area (TPSA) is 310 Å². The van der Waals surface area contributed by atoms with Gasteiger partial charge in [-0.15, -0.1) is 34.0 Å². The molecule has 3 amide bonds. The molecule has 0 radical (unpaired) electrons. The average Bonchev–Trinajstić information content (AvgIpc) is 4.19. The number of hydrogen-bond acceptors (Lipinski definition) is 15. The molecule has 0 aliphatic heterocycles. The smallest absolute Gasteiger partial charge is 0.251 e. The number of aromatic nitrogens is 9. The number of halogens is 1. The number of nitrogen functional groups attached to an aromatic ring is 3. The van der Waals surface area contributed by atoms with Gasteiger partial charge >= 0.3 is 124 Å². The van der Waals surface area contributed by atoms with Gasteiger partial charge in [-0.2, -0.15) is 10.2 Å². The van der Waals surface area contributed by atoms with E-state index in [0.717, 1.165) is 54.9 Å². The van der Waals surface area contributed by atoms with Crippen LogP contribution in [0, 0.1) is 0 Å². The van der Waals surface area contributed by atoms with Crippen LogP contribution in [-0.2, 0) is 14.1 Å². The van der Waals surface area contributed by atoms with Gasteiger partial charge in [0.05, 0.1) is 47.0 Å². The number of carbonyl (C=O) groups is 3. The zero-order chi connectivity index (χ0) is 50.7. The normalized spacial score (nSPS) is 11.2. The number of aromatic amines is 1. The minimum absolute atomic E-state index is 0.388. The third-order valence-corrected chi connectivity index (χ3v) is 31.2. The van der Waals surface area contributed by atoms with Crippen LogP contribution in [0.1, 0.15) is 90.4 Å². The Balaban J connectivity index is 0.000000154. The van der Waals surface area contributed by atoms with Gasteiger partial charge in [-0.3, -0.25) is 24.2 Å². The number of H-pyrrole nitrogens is 1. The van der Waals surface area contributed by atoms with E-state index in [1.807, 2.05) is 36.1 Å². The molecule has 0 aliphatic rings. The molecule has 9 heterocycles. The molecule has 0 saturated carbocycles. The maximum absolute atomic E-state index is 11.4. The van der Waals surface area contributed by atoms with Crippen molar-refractivity contribution < 1.29 is 14.4 Å². The van der Waals surface area contributed by atoms with Crippen molar-refractivity contribution in [3.63, 3.8) is 0 Å². The summed E-state index contributed by atoms with van der Waals surface area (Å²) in [5.41, 5.74) is 36.3. The van der Waals surface area contributed by atoms with Gasteiger partial charge in [-0.05, 0) is 34.1 Å². The van der Waals surface area contributed by atoms with E-state index in [4.69, 9.17) is 34.4 Å². The van der Waals surface area contributed by atoms with Crippen LogP contribution in [0.15, 0.2) is 77.8 Å². The van der Waals surface area contributed by atoms with E-state index in [1.165, 1.54) is 104 Å². The Bertz CT molecular complexity index is 3210. The Kier molecular flexibility index (Phi) is 18.5. The largest absolute Gasteiger partial charge is 0.383 e. The molecule has 0 saturated heterocycles. The maximum atomic E-state index is 11.4. The van der Waals surface area contributed by atoms with E-state index in [0.29, 0.717) is 34.1 Å². The van der Waals surface area contributed by atoms with Crippen LogP contribution in [0.2, 0.25) is 13.3 Å². The van der Waals surface area contributed by atoms with Crippen molar-refractivity contribution in [2.75, 3.05) is 17.2 Å². The average molecular weight is 1180 g/mol. The van der Waals surface area contributed by atoms with Gasteiger partial charge in [0.1, 0.15) is 17.5 Å². The molecule has 23 heteroatoms. The summed E-state index contributed by atoms with van der Waals surface area (Å²) in [6, 6.07) is 5.63. The predicted molar refractivity (Wildman–Crippen MR) is 293 cm³/mol.